The number of hydrogen-bond donors (Lipinski definition) is 2. The molecule has 0 bridgehead atoms. The number of carbonyl (C=O) groups is 2. The minimum atomic E-state index is -0.736. The molecule has 1 heterocycles. The van der Waals surface area contributed by atoms with Crippen LogP contribution in [0.1, 0.15) is 29.7 Å². The Hall–Kier alpha value is -4.26. The number of benzene rings is 3. The lowest BCUT2D eigenvalue weighted by molar-refractivity contribution is -0.138. The molecule has 0 saturated heterocycles. The monoisotopic (exact) mass is 458 g/mol. The van der Waals surface area contributed by atoms with Gasteiger partial charge in [-0.05, 0) is 35.7 Å². The van der Waals surface area contributed by atoms with E-state index in [2.05, 4.69) is 10.6 Å². The van der Waals surface area contributed by atoms with Gasteiger partial charge in [0.2, 0.25) is 0 Å². The Kier molecular flexibility index (Phi) is 7.13. The molecule has 2 N–H and O–H groups in total. The van der Waals surface area contributed by atoms with Crippen molar-refractivity contribution in [3.8, 4) is 11.5 Å². The van der Waals surface area contributed by atoms with Crippen molar-refractivity contribution in [1.29, 1.82) is 0 Å². The van der Waals surface area contributed by atoms with Gasteiger partial charge in [0.15, 0.2) is 11.5 Å². The van der Waals surface area contributed by atoms with E-state index in [4.69, 9.17) is 14.2 Å². The van der Waals surface area contributed by atoms with Gasteiger partial charge in [0, 0.05) is 0 Å². The molecule has 0 aliphatic carbocycles. The van der Waals surface area contributed by atoms with Gasteiger partial charge in [-0.3, -0.25) is 0 Å². The van der Waals surface area contributed by atoms with E-state index in [0.29, 0.717) is 40.5 Å². The normalized spacial score (nSPS) is 15.2. The first-order valence-electron chi connectivity index (χ1n) is 11.0. The number of methoxy groups -OCH3 is 1. The molecule has 3 aromatic rings. The van der Waals surface area contributed by atoms with Gasteiger partial charge < -0.3 is 24.8 Å². The molecule has 0 saturated carbocycles. The van der Waals surface area contributed by atoms with Crippen molar-refractivity contribution in [2.75, 3.05) is 13.7 Å². The smallest absolute Gasteiger partial charge is 0.338 e. The maximum absolute atomic E-state index is 13.0. The second-order valence-electron chi connectivity index (χ2n) is 7.59. The van der Waals surface area contributed by atoms with Crippen LogP contribution >= 0.6 is 0 Å². The quantitative estimate of drug-likeness (QED) is 0.482. The average Bonchev–Trinajstić information content (AvgIpc) is 2.88. The summed E-state index contributed by atoms with van der Waals surface area (Å²) in [5.74, 6) is 0.535. The molecule has 0 fully saturated rings. The van der Waals surface area contributed by atoms with E-state index >= 15 is 0 Å². The predicted octanol–water partition coefficient (Wildman–Crippen LogP) is 4.60. The molecule has 1 atom stereocenters. The third-order valence-corrected chi connectivity index (χ3v) is 5.39. The Morgan fingerprint density at radius 3 is 2.32 bits per heavy atom. The molecule has 34 heavy (non-hydrogen) atoms. The molecule has 1 unspecified atom stereocenters. The molecule has 0 radical (unpaired) electrons. The summed E-state index contributed by atoms with van der Waals surface area (Å²) >= 11 is 0. The van der Waals surface area contributed by atoms with Gasteiger partial charge in [-0.1, -0.05) is 66.7 Å². The highest BCUT2D eigenvalue weighted by atomic mass is 16.5. The van der Waals surface area contributed by atoms with Crippen LogP contribution in [0.3, 0.4) is 0 Å². The molecule has 7 nitrogen and oxygen atoms in total. The van der Waals surface area contributed by atoms with Crippen LogP contribution in [0.25, 0.3) is 5.70 Å². The maximum atomic E-state index is 13.0. The SMILES string of the molecule is CCOC(=O)C1=C(c2ccccc2)NC(=O)NC1c1ccc(OCc2ccccc2)c(OC)c1. The molecule has 0 aromatic heterocycles. The lowest BCUT2D eigenvalue weighted by Crippen LogP contribution is -2.45. The van der Waals surface area contributed by atoms with E-state index in [1.807, 2.05) is 60.7 Å². The van der Waals surface area contributed by atoms with E-state index in [1.54, 1.807) is 32.2 Å². The van der Waals surface area contributed by atoms with Gasteiger partial charge in [-0.25, -0.2) is 9.59 Å². The van der Waals surface area contributed by atoms with Gasteiger partial charge in [-0.15, -0.1) is 0 Å². The first-order valence-corrected chi connectivity index (χ1v) is 11.0. The summed E-state index contributed by atoms with van der Waals surface area (Å²) in [5, 5.41) is 5.62. The molecule has 1 aliphatic heterocycles. The first kappa shape index (κ1) is 22.9. The molecule has 0 spiro atoms. The topological polar surface area (TPSA) is 85.9 Å². The van der Waals surface area contributed by atoms with Crippen LogP contribution < -0.4 is 20.1 Å². The Morgan fingerprint density at radius 1 is 0.941 bits per heavy atom. The number of ether oxygens (including phenoxy) is 3. The Morgan fingerprint density at radius 2 is 1.65 bits per heavy atom. The summed E-state index contributed by atoms with van der Waals surface area (Å²) in [6, 6.07) is 23.2. The molecule has 2 amide bonds. The standard InChI is InChI=1S/C27H26N2O5/c1-3-33-26(30)23-24(19-12-8-5-9-13-19)28-27(31)29-25(23)20-14-15-21(22(16-20)32-2)34-17-18-10-6-4-7-11-18/h4-16,25H,3,17H2,1-2H3,(H2,28,29,31). The second kappa shape index (κ2) is 10.6. The summed E-state index contributed by atoms with van der Waals surface area (Å²) in [5.41, 5.74) is 3.12. The fourth-order valence-electron chi connectivity index (χ4n) is 3.79. The summed E-state index contributed by atoms with van der Waals surface area (Å²) in [6.07, 6.45) is 0. The summed E-state index contributed by atoms with van der Waals surface area (Å²) in [4.78, 5) is 25.6. The minimum Gasteiger partial charge on any atom is -0.493 e. The van der Waals surface area contributed by atoms with Gasteiger partial charge in [-0.2, -0.15) is 0 Å². The predicted molar refractivity (Wildman–Crippen MR) is 128 cm³/mol. The number of hydrogen-bond acceptors (Lipinski definition) is 5. The van der Waals surface area contributed by atoms with Gasteiger partial charge in [0.1, 0.15) is 6.61 Å². The molecule has 7 heteroatoms. The maximum Gasteiger partial charge on any atom is 0.338 e. The molecule has 3 aromatic carbocycles. The minimum absolute atomic E-state index is 0.209. The highest BCUT2D eigenvalue weighted by molar-refractivity contribution is 6.04. The Labute approximate surface area is 198 Å². The highest BCUT2D eigenvalue weighted by Crippen LogP contribution is 2.36. The van der Waals surface area contributed by atoms with Crippen LogP contribution in [0, 0.1) is 0 Å². The fourth-order valence-corrected chi connectivity index (χ4v) is 3.79. The van der Waals surface area contributed by atoms with Crippen LogP contribution in [0.4, 0.5) is 4.79 Å². The summed E-state index contributed by atoms with van der Waals surface area (Å²) < 4.78 is 16.9. The van der Waals surface area contributed by atoms with E-state index in [-0.39, 0.29) is 6.61 Å². The summed E-state index contributed by atoms with van der Waals surface area (Å²) in [7, 11) is 1.55. The van der Waals surface area contributed by atoms with Crippen molar-refractivity contribution < 1.29 is 23.8 Å². The Balaban J connectivity index is 1.71. The van der Waals surface area contributed by atoms with E-state index < -0.39 is 18.0 Å². The zero-order chi connectivity index (χ0) is 23.9. The lowest BCUT2D eigenvalue weighted by atomic mass is 9.92. The molecular formula is C27H26N2O5. The van der Waals surface area contributed by atoms with Crippen molar-refractivity contribution in [3.63, 3.8) is 0 Å². The van der Waals surface area contributed by atoms with Crippen LogP contribution in [-0.2, 0) is 16.1 Å². The largest absolute Gasteiger partial charge is 0.493 e. The van der Waals surface area contributed by atoms with E-state index in [1.165, 1.54) is 0 Å². The van der Waals surface area contributed by atoms with Crippen molar-refractivity contribution in [1.82, 2.24) is 10.6 Å². The van der Waals surface area contributed by atoms with Crippen molar-refractivity contribution >= 4 is 17.7 Å². The number of amides is 2. The van der Waals surface area contributed by atoms with Gasteiger partial charge in [0.25, 0.3) is 0 Å². The highest BCUT2D eigenvalue weighted by Gasteiger charge is 2.34. The molecule has 1 aliphatic rings. The van der Waals surface area contributed by atoms with Crippen molar-refractivity contribution in [2.24, 2.45) is 0 Å². The van der Waals surface area contributed by atoms with Gasteiger partial charge >= 0.3 is 12.0 Å². The summed E-state index contributed by atoms with van der Waals surface area (Å²) in [6.45, 7) is 2.33. The second-order valence-corrected chi connectivity index (χ2v) is 7.59. The molecule has 174 valence electrons. The van der Waals surface area contributed by atoms with Crippen LogP contribution in [-0.4, -0.2) is 25.7 Å². The lowest BCUT2D eigenvalue weighted by Gasteiger charge is -2.30. The number of esters is 1. The third-order valence-electron chi connectivity index (χ3n) is 5.39. The van der Waals surface area contributed by atoms with Crippen LogP contribution in [0.15, 0.2) is 84.4 Å². The molecule has 4 rings (SSSR count). The van der Waals surface area contributed by atoms with Crippen molar-refractivity contribution in [3.05, 3.63) is 101 Å². The van der Waals surface area contributed by atoms with E-state index in [9.17, 15) is 9.59 Å². The number of rotatable bonds is 8. The van der Waals surface area contributed by atoms with E-state index in [0.717, 1.165) is 5.56 Å². The van der Waals surface area contributed by atoms with Crippen molar-refractivity contribution in [2.45, 2.75) is 19.6 Å². The fraction of sp³-hybridized carbons (Fsp3) is 0.185. The number of carbonyl (C=O) groups excluding carboxylic acids is 2. The Bertz CT molecular complexity index is 1190. The van der Waals surface area contributed by atoms with Gasteiger partial charge in [0.05, 0.1) is 31.0 Å². The van der Waals surface area contributed by atoms with Crippen LogP contribution in [0.2, 0.25) is 0 Å². The first-order chi connectivity index (χ1) is 16.6. The zero-order valence-corrected chi connectivity index (χ0v) is 19.0. The third kappa shape index (κ3) is 5.04. The number of nitrogens with one attached hydrogen (secondary N) is 2. The van der Waals surface area contributed by atoms with Crippen LogP contribution in [0.5, 0.6) is 11.5 Å². The average molecular weight is 459 g/mol. The molecular weight excluding hydrogens is 432 g/mol. The zero-order valence-electron chi connectivity index (χ0n) is 19.0. The number of urea groups is 1.